The van der Waals surface area contributed by atoms with E-state index in [2.05, 4.69) is 15.8 Å². The number of aromatic nitrogens is 1. The van der Waals surface area contributed by atoms with Crippen LogP contribution in [0, 0.1) is 23.5 Å². The van der Waals surface area contributed by atoms with E-state index in [1.54, 1.807) is 35.2 Å². The number of carbonyl (C=O) groups is 2. The third-order valence-corrected chi connectivity index (χ3v) is 8.53. The first-order chi connectivity index (χ1) is 20.7. The molecule has 0 spiro atoms. The molecule has 0 unspecified atom stereocenters. The van der Waals surface area contributed by atoms with Crippen LogP contribution in [0.2, 0.25) is 0 Å². The Morgan fingerprint density at radius 3 is 2.44 bits per heavy atom. The lowest BCUT2D eigenvalue weighted by molar-refractivity contribution is -0.141. The van der Waals surface area contributed by atoms with Gasteiger partial charge in [-0.25, -0.2) is 8.78 Å². The van der Waals surface area contributed by atoms with Crippen molar-refractivity contribution in [3.8, 4) is 17.0 Å². The average Bonchev–Trinajstić information content (AvgIpc) is 3.67. The van der Waals surface area contributed by atoms with Crippen molar-refractivity contribution in [3.05, 3.63) is 71.5 Å². The smallest absolute Gasteiger partial charge is 0.254 e. The zero-order valence-corrected chi connectivity index (χ0v) is 24.9. The number of rotatable bonds is 10. The van der Waals surface area contributed by atoms with Gasteiger partial charge in [0, 0.05) is 12.6 Å². The minimum absolute atomic E-state index is 0.0845. The Kier molecular flexibility index (Phi) is 9.75. The van der Waals surface area contributed by atoms with Crippen LogP contribution >= 0.6 is 0 Å². The molecule has 0 radical (unpaired) electrons. The first-order valence-corrected chi connectivity index (χ1v) is 15.2. The molecular formula is C33H40F2N4O4. The van der Waals surface area contributed by atoms with E-state index >= 15 is 0 Å². The second-order valence-electron chi connectivity index (χ2n) is 11.9. The molecule has 3 aromatic rings. The van der Waals surface area contributed by atoms with Crippen molar-refractivity contribution in [2.24, 2.45) is 11.8 Å². The summed E-state index contributed by atoms with van der Waals surface area (Å²) >= 11 is 0. The fourth-order valence-corrected chi connectivity index (χ4v) is 6.06. The first kappa shape index (κ1) is 30.7. The molecule has 0 saturated carbocycles. The number of likely N-dealkylation sites (tertiary alicyclic amines) is 1. The lowest BCUT2D eigenvalue weighted by atomic mass is 9.91. The van der Waals surface area contributed by atoms with E-state index in [-0.39, 0.29) is 29.3 Å². The number of nitrogens with one attached hydrogen (secondary N) is 2. The molecule has 43 heavy (non-hydrogen) atoms. The Labute approximate surface area is 251 Å². The lowest BCUT2D eigenvalue weighted by Gasteiger charge is -2.29. The van der Waals surface area contributed by atoms with Crippen molar-refractivity contribution >= 4 is 11.8 Å². The molecule has 3 atom stereocenters. The number of amides is 2. The molecule has 2 aliphatic heterocycles. The Hall–Kier alpha value is -3.79. The van der Waals surface area contributed by atoms with Gasteiger partial charge >= 0.3 is 0 Å². The summed E-state index contributed by atoms with van der Waals surface area (Å²) in [6.45, 7) is 8.74. The molecule has 2 amide bonds. The summed E-state index contributed by atoms with van der Waals surface area (Å²) in [5.74, 6) is -1.09. The summed E-state index contributed by atoms with van der Waals surface area (Å²) in [6.07, 6.45) is 3.37. The van der Waals surface area contributed by atoms with E-state index in [1.165, 1.54) is 18.2 Å². The van der Waals surface area contributed by atoms with E-state index in [0.29, 0.717) is 49.1 Å². The largest absolute Gasteiger partial charge is 0.475 e. The topological polar surface area (TPSA) is 96.7 Å². The number of hydrogen-bond donors (Lipinski definition) is 2. The maximum absolute atomic E-state index is 14.2. The Morgan fingerprint density at radius 2 is 1.77 bits per heavy atom. The number of nitrogens with zero attached hydrogens (tertiary/aromatic N) is 2. The number of halogens is 2. The van der Waals surface area contributed by atoms with Crippen LogP contribution in [-0.2, 0) is 9.59 Å². The van der Waals surface area contributed by atoms with Gasteiger partial charge < -0.3 is 24.8 Å². The average molecular weight is 595 g/mol. The highest BCUT2D eigenvalue weighted by Gasteiger charge is 2.40. The molecule has 0 aliphatic carbocycles. The van der Waals surface area contributed by atoms with E-state index in [4.69, 9.17) is 9.26 Å². The van der Waals surface area contributed by atoms with Crippen molar-refractivity contribution in [2.45, 2.75) is 64.5 Å². The molecule has 230 valence electrons. The van der Waals surface area contributed by atoms with Crippen LogP contribution in [0.3, 0.4) is 0 Å². The third kappa shape index (κ3) is 7.06. The number of benzene rings is 2. The number of piperidine rings is 1. The molecule has 8 nitrogen and oxygen atoms in total. The highest BCUT2D eigenvalue weighted by molar-refractivity contribution is 5.91. The number of hydrogen-bond acceptors (Lipinski definition) is 6. The van der Waals surface area contributed by atoms with Crippen LogP contribution in [0.1, 0.15) is 69.7 Å². The Bertz CT molecular complexity index is 1380. The summed E-state index contributed by atoms with van der Waals surface area (Å²) < 4.78 is 39.9. The van der Waals surface area contributed by atoms with Crippen molar-refractivity contribution in [1.29, 1.82) is 0 Å². The SMILES string of the molecule is CC(C)[C@@H](C(=O)N1CCC[C@H]1C(=O)N[C@@H](C)c1ccc(-c2c(F)cccc2F)cc1)c1cc(OCC2CCNCC2)no1. The van der Waals surface area contributed by atoms with Crippen LogP contribution in [0.5, 0.6) is 5.88 Å². The maximum atomic E-state index is 14.2. The van der Waals surface area contributed by atoms with Gasteiger partial charge in [-0.1, -0.05) is 44.2 Å². The maximum Gasteiger partial charge on any atom is 0.254 e. The molecule has 2 aliphatic rings. The van der Waals surface area contributed by atoms with Gasteiger partial charge in [-0.3, -0.25) is 9.59 Å². The number of carbonyl (C=O) groups excluding carboxylic acids is 2. The van der Waals surface area contributed by atoms with Crippen LogP contribution < -0.4 is 15.4 Å². The second kappa shape index (κ2) is 13.7. The van der Waals surface area contributed by atoms with Crippen molar-refractivity contribution in [3.63, 3.8) is 0 Å². The van der Waals surface area contributed by atoms with E-state index in [0.717, 1.165) is 31.5 Å². The summed E-state index contributed by atoms with van der Waals surface area (Å²) in [5.41, 5.74) is 1.11. The molecule has 2 fully saturated rings. The van der Waals surface area contributed by atoms with E-state index in [9.17, 15) is 18.4 Å². The first-order valence-electron chi connectivity index (χ1n) is 15.2. The molecular weight excluding hydrogens is 554 g/mol. The van der Waals surface area contributed by atoms with Gasteiger partial charge in [0.05, 0.1) is 18.2 Å². The Morgan fingerprint density at radius 1 is 1.07 bits per heavy atom. The fraction of sp³-hybridized carbons (Fsp3) is 0.485. The predicted octanol–water partition coefficient (Wildman–Crippen LogP) is 5.61. The minimum atomic E-state index is -0.633. The molecule has 2 N–H and O–H groups in total. The van der Waals surface area contributed by atoms with E-state index < -0.39 is 23.6 Å². The predicted molar refractivity (Wildman–Crippen MR) is 158 cm³/mol. The summed E-state index contributed by atoms with van der Waals surface area (Å²) in [6, 6.07) is 11.3. The zero-order valence-electron chi connectivity index (χ0n) is 24.9. The fourth-order valence-electron chi connectivity index (χ4n) is 6.06. The summed E-state index contributed by atoms with van der Waals surface area (Å²) in [4.78, 5) is 28.9. The molecule has 3 heterocycles. The molecule has 1 aromatic heterocycles. The van der Waals surface area contributed by atoms with Crippen LogP contribution in [0.15, 0.2) is 53.1 Å². The molecule has 0 bridgehead atoms. The van der Waals surface area contributed by atoms with Gasteiger partial charge in [-0.2, -0.15) is 0 Å². The minimum Gasteiger partial charge on any atom is -0.475 e. The number of ether oxygens (including phenoxy) is 1. The van der Waals surface area contributed by atoms with Crippen molar-refractivity contribution < 1.29 is 27.6 Å². The normalized spacial score (nSPS) is 18.9. The van der Waals surface area contributed by atoms with Gasteiger partial charge in [-0.15, -0.1) is 0 Å². The quantitative estimate of drug-likeness (QED) is 0.317. The highest BCUT2D eigenvalue weighted by atomic mass is 19.1. The second-order valence-corrected chi connectivity index (χ2v) is 11.9. The van der Waals surface area contributed by atoms with Gasteiger partial charge in [-0.05, 0) is 85.9 Å². The van der Waals surface area contributed by atoms with Gasteiger partial charge in [0.25, 0.3) is 5.88 Å². The standard InChI is InChI=1S/C33H40F2N4O4/c1-20(2)30(28-18-29(38-43-28)42-19-22-13-15-36-16-14-22)33(41)39-17-5-8-27(39)32(40)37-21(3)23-9-11-24(12-10-23)31-25(34)6-4-7-26(31)35/h4,6-7,9-12,18,20-22,27,30,36H,5,8,13-17,19H2,1-3H3,(H,37,40)/t21-,27-,30+/m0/s1. The lowest BCUT2D eigenvalue weighted by Crippen LogP contribution is -2.48. The summed E-state index contributed by atoms with van der Waals surface area (Å²) in [7, 11) is 0. The summed E-state index contributed by atoms with van der Waals surface area (Å²) in [5, 5.41) is 10.4. The van der Waals surface area contributed by atoms with Crippen molar-refractivity contribution in [1.82, 2.24) is 20.7 Å². The molecule has 5 rings (SSSR count). The monoisotopic (exact) mass is 594 g/mol. The van der Waals surface area contributed by atoms with E-state index in [1.807, 2.05) is 20.8 Å². The van der Waals surface area contributed by atoms with Gasteiger partial charge in [0.15, 0.2) is 5.76 Å². The third-order valence-electron chi connectivity index (χ3n) is 8.53. The Balaban J connectivity index is 1.22. The molecule has 2 aromatic carbocycles. The van der Waals surface area contributed by atoms with Crippen LogP contribution in [-0.4, -0.2) is 54.2 Å². The van der Waals surface area contributed by atoms with Gasteiger partial charge in [0.2, 0.25) is 11.8 Å². The van der Waals surface area contributed by atoms with Crippen molar-refractivity contribution in [2.75, 3.05) is 26.2 Å². The molecule has 2 saturated heterocycles. The molecule has 10 heteroatoms. The highest BCUT2D eigenvalue weighted by Crippen LogP contribution is 2.33. The van der Waals surface area contributed by atoms with Crippen LogP contribution in [0.4, 0.5) is 8.78 Å². The van der Waals surface area contributed by atoms with Gasteiger partial charge in [0.1, 0.15) is 23.6 Å². The van der Waals surface area contributed by atoms with Crippen LogP contribution in [0.25, 0.3) is 11.1 Å². The zero-order chi connectivity index (χ0) is 30.5.